The molecule has 0 bridgehead atoms. The standard InChI is InChI=1S/Ga.H2O3S2.Sr.5H/c;1-5(2,3)4;;;;;;/h;(H2,1,2,3,4);;;;;;/q;;+2;;;;2*-1. The van der Waals surface area contributed by atoms with Crippen LogP contribution in [0.2, 0.25) is 0 Å². The molecule has 2 N–H and O–H groups in total. The van der Waals surface area contributed by atoms with Crippen molar-refractivity contribution in [1.29, 1.82) is 0 Å². The van der Waals surface area contributed by atoms with Crippen molar-refractivity contribution in [3.05, 3.63) is 0 Å². The predicted octanol–water partition coefficient (Wildman–Crippen LogP) is -1.66. The summed E-state index contributed by atoms with van der Waals surface area (Å²) in [5.74, 6) is 0. The Kier molecular flexibility index (Phi) is 15.1. The zero-order chi connectivity index (χ0) is 4.50. The third-order valence-corrected chi connectivity index (χ3v) is 0. The van der Waals surface area contributed by atoms with Crippen LogP contribution in [-0.2, 0) is 20.2 Å². The molecule has 0 aliphatic rings. The van der Waals surface area contributed by atoms with Crippen LogP contribution in [0.5, 0.6) is 0 Å². The molecule has 0 aliphatic carbocycles. The van der Waals surface area contributed by atoms with E-state index in [2.05, 4.69) is 11.2 Å². The average molecular weight is 277 g/mol. The Morgan fingerprint density at radius 3 is 1.57 bits per heavy atom. The van der Waals surface area contributed by atoms with Gasteiger partial charge in [0.2, 0.25) is 0 Å². The van der Waals surface area contributed by atoms with E-state index in [9.17, 15) is 0 Å². The largest absolute Gasteiger partial charge is 2.00 e. The Morgan fingerprint density at radius 1 is 1.57 bits per heavy atom. The Morgan fingerprint density at radius 2 is 1.57 bits per heavy atom. The topological polar surface area (TPSA) is 57.5 Å². The molecule has 0 saturated carbocycles. The Bertz CT molecular complexity index is 103. The predicted molar refractivity (Wildman–Crippen MR) is 38.7 cm³/mol. The monoisotopic (exact) mass is 276 g/mol. The average Bonchev–Trinajstić information content (AvgIpc) is 0.722. The summed E-state index contributed by atoms with van der Waals surface area (Å²) in [5.41, 5.74) is 0. The van der Waals surface area contributed by atoms with E-state index in [0.717, 1.165) is 0 Å². The second kappa shape index (κ2) is 6.53. The minimum Gasteiger partial charge on any atom is -1.00 e. The maximum Gasteiger partial charge on any atom is 2.00 e. The molecule has 0 rings (SSSR count). The smallest absolute Gasteiger partial charge is 1.00 e. The maximum atomic E-state index is 9.11. The van der Waals surface area contributed by atoms with E-state index >= 15 is 0 Å². The fourth-order valence-electron chi connectivity index (χ4n) is 0. The Hall–Kier alpha value is 2.41. The summed E-state index contributed by atoms with van der Waals surface area (Å²) in [6, 6.07) is 0. The van der Waals surface area contributed by atoms with Crippen LogP contribution in [0.25, 0.3) is 0 Å². The molecule has 0 aliphatic heterocycles. The van der Waals surface area contributed by atoms with Crippen molar-refractivity contribution >= 4 is 85.5 Å². The molecular formula is H7GaO3S2Sr. The molecule has 42 valence electrons. The van der Waals surface area contributed by atoms with Crippen LogP contribution < -0.4 is 0 Å². The molecule has 0 fully saturated rings. The first-order valence-electron chi connectivity index (χ1n) is 0.698. The van der Waals surface area contributed by atoms with Crippen LogP contribution in [0.1, 0.15) is 2.85 Å². The Balaban J connectivity index is -0.0000000133. The Labute approximate surface area is 99.9 Å². The van der Waals surface area contributed by atoms with Gasteiger partial charge in [0.05, 0.1) is 0 Å². The zero-order valence-electron chi connectivity index (χ0n) is 4.83. The van der Waals surface area contributed by atoms with Gasteiger partial charge in [-0.1, -0.05) is 0 Å². The third kappa shape index (κ3) is 59.6. The van der Waals surface area contributed by atoms with E-state index in [1.807, 2.05) is 0 Å². The zero-order valence-corrected chi connectivity index (χ0v) is 7.94. The fourth-order valence-corrected chi connectivity index (χ4v) is 0. The van der Waals surface area contributed by atoms with Gasteiger partial charge in [-0.05, 0) is 0 Å². The van der Waals surface area contributed by atoms with Crippen LogP contribution in [0.4, 0.5) is 0 Å². The SMILES string of the molecule is O=S(O)(O)=S.[GaH3].[H-].[H-].[Sr+2]. The molecule has 0 aromatic carbocycles. The molecule has 0 aromatic heterocycles. The van der Waals surface area contributed by atoms with Gasteiger partial charge in [-0.2, -0.15) is 4.21 Å². The van der Waals surface area contributed by atoms with Gasteiger partial charge in [0.15, 0.2) is 0 Å². The molecule has 0 aromatic rings. The molecule has 0 spiro atoms. The first kappa shape index (κ1) is 16.2. The molecule has 7 heteroatoms. The first-order valence-corrected chi connectivity index (χ1v) is 3.10. The minimum atomic E-state index is -3.83. The van der Waals surface area contributed by atoms with Crippen molar-refractivity contribution < 1.29 is 16.2 Å². The van der Waals surface area contributed by atoms with Gasteiger partial charge in [0.1, 0.15) is 0 Å². The summed E-state index contributed by atoms with van der Waals surface area (Å²) in [6.45, 7) is 0. The molecule has 0 amide bonds. The van der Waals surface area contributed by atoms with Crippen molar-refractivity contribution in [2.24, 2.45) is 0 Å². The summed E-state index contributed by atoms with van der Waals surface area (Å²) < 4.78 is 24.0. The molecule has 3 nitrogen and oxygen atoms in total. The van der Waals surface area contributed by atoms with Crippen molar-refractivity contribution in [3.63, 3.8) is 0 Å². The van der Waals surface area contributed by atoms with E-state index < -0.39 is 9.05 Å². The minimum absolute atomic E-state index is 0. The molecule has 0 radical (unpaired) electrons. The van der Waals surface area contributed by atoms with E-state index in [1.165, 1.54) is 0 Å². The molecule has 0 saturated heterocycles. The molecule has 0 atom stereocenters. The summed E-state index contributed by atoms with van der Waals surface area (Å²) in [5, 5.41) is 0. The number of hydrogen-bond acceptors (Lipinski definition) is 2. The molecule has 0 heterocycles. The van der Waals surface area contributed by atoms with Gasteiger partial charge < -0.3 is 2.85 Å². The fraction of sp³-hybridized carbons (Fsp3) is 0. The molecule has 7 heavy (non-hydrogen) atoms. The third-order valence-electron chi connectivity index (χ3n) is 0. The summed E-state index contributed by atoms with van der Waals surface area (Å²) in [6.07, 6.45) is 0. The normalized spacial score (nSPS) is 8.29. The second-order valence-corrected chi connectivity index (χ2v) is 2.65. The van der Waals surface area contributed by atoms with E-state index in [0.29, 0.717) is 0 Å². The number of rotatable bonds is 0. The first-order chi connectivity index (χ1) is 2.00. The van der Waals surface area contributed by atoms with Gasteiger partial charge >= 0.3 is 65.3 Å². The van der Waals surface area contributed by atoms with Crippen molar-refractivity contribution in [3.8, 4) is 0 Å². The van der Waals surface area contributed by atoms with Gasteiger partial charge in [0.25, 0.3) is 9.05 Å². The molecular weight excluding hydrogens is 269 g/mol. The van der Waals surface area contributed by atoms with Crippen LogP contribution in [0, 0.1) is 0 Å². The van der Waals surface area contributed by atoms with Crippen LogP contribution >= 0.6 is 0 Å². The summed E-state index contributed by atoms with van der Waals surface area (Å²) >= 11 is 3.47. The van der Waals surface area contributed by atoms with E-state index in [-0.39, 0.29) is 68.1 Å². The van der Waals surface area contributed by atoms with Gasteiger partial charge in [-0.15, -0.1) is 0 Å². The molecule has 0 unspecified atom stereocenters. The van der Waals surface area contributed by atoms with Crippen molar-refractivity contribution in [2.75, 3.05) is 0 Å². The van der Waals surface area contributed by atoms with Crippen molar-refractivity contribution in [1.82, 2.24) is 0 Å². The summed E-state index contributed by atoms with van der Waals surface area (Å²) in [7, 11) is -3.83. The second-order valence-electron chi connectivity index (χ2n) is 0.448. The van der Waals surface area contributed by atoms with E-state index in [1.54, 1.807) is 0 Å². The van der Waals surface area contributed by atoms with Crippen LogP contribution in [0.15, 0.2) is 0 Å². The van der Waals surface area contributed by atoms with Gasteiger partial charge in [-0.25, -0.2) is 0 Å². The van der Waals surface area contributed by atoms with Crippen molar-refractivity contribution in [2.45, 2.75) is 0 Å². The van der Waals surface area contributed by atoms with Crippen LogP contribution in [-0.4, -0.2) is 78.6 Å². The quantitative estimate of drug-likeness (QED) is 0.520. The number of hydrogen-bond donors (Lipinski definition) is 2. The van der Waals surface area contributed by atoms with Gasteiger partial charge in [-0.3, -0.25) is 9.11 Å². The van der Waals surface area contributed by atoms with Crippen LogP contribution in [0.3, 0.4) is 0 Å². The van der Waals surface area contributed by atoms with Gasteiger partial charge in [0, 0.05) is 11.2 Å². The van der Waals surface area contributed by atoms with E-state index in [4.69, 9.17) is 13.3 Å². The summed E-state index contributed by atoms with van der Waals surface area (Å²) in [4.78, 5) is 0. The maximum absolute atomic E-state index is 9.11.